The molecular formula is C17H24N4O3. The highest BCUT2D eigenvalue weighted by molar-refractivity contribution is 6.01. The van der Waals surface area contributed by atoms with Gasteiger partial charge >= 0.3 is 6.03 Å². The Morgan fingerprint density at radius 3 is 2.38 bits per heavy atom. The molecule has 24 heavy (non-hydrogen) atoms. The second-order valence-corrected chi connectivity index (χ2v) is 6.09. The molecule has 1 aromatic carbocycles. The molecule has 0 spiro atoms. The lowest BCUT2D eigenvalue weighted by Crippen LogP contribution is -2.49. The standard InChI is InChI=1S/C17H24N4O3/c1-3-17(18,4-2)11-20-15(23)13-7-5-12(6-8-13)10-21-14(22)9-19-16(21)24/h5-8H,3-4,9-11,18H2,1-2H3,(H,19,24)(H,20,23). The average Bonchev–Trinajstić information content (AvgIpc) is 2.92. The third-order valence-electron chi connectivity index (χ3n) is 4.50. The first-order valence-corrected chi connectivity index (χ1v) is 8.12. The van der Waals surface area contributed by atoms with Gasteiger partial charge in [-0.2, -0.15) is 0 Å². The first-order chi connectivity index (χ1) is 11.4. The molecule has 7 nitrogen and oxygen atoms in total. The molecule has 1 fully saturated rings. The SMILES string of the molecule is CCC(N)(CC)CNC(=O)c1ccc(CN2C(=O)CNC2=O)cc1. The molecule has 0 radical (unpaired) electrons. The van der Waals surface area contributed by atoms with Gasteiger partial charge in [0.1, 0.15) is 0 Å². The summed E-state index contributed by atoms with van der Waals surface area (Å²) >= 11 is 0. The summed E-state index contributed by atoms with van der Waals surface area (Å²) in [5, 5.41) is 5.33. The predicted molar refractivity (Wildman–Crippen MR) is 90.2 cm³/mol. The van der Waals surface area contributed by atoms with Crippen molar-refractivity contribution >= 4 is 17.8 Å². The molecule has 0 aromatic heterocycles. The van der Waals surface area contributed by atoms with Crippen LogP contribution in [0.5, 0.6) is 0 Å². The van der Waals surface area contributed by atoms with Crippen LogP contribution in [0.3, 0.4) is 0 Å². The van der Waals surface area contributed by atoms with Crippen LogP contribution in [0, 0.1) is 0 Å². The molecule has 1 heterocycles. The number of urea groups is 1. The van der Waals surface area contributed by atoms with Crippen molar-refractivity contribution in [3.63, 3.8) is 0 Å². The monoisotopic (exact) mass is 332 g/mol. The number of nitrogens with one attached hydrogen (secondary N) is 2. The summed E-state index contributed by atoms with van der Waals surface area (Å²) in [7, 11) is 0. The fourth-order valence-electron chi connectivity index (χ4n) is 2.42. The summed E-state index contributed by atoms with van der Waals surface area (Å²) in [5.41, 5.74) is 7.09. The van der Waals surface area contributed by atoms with E-state index in [9.17, 15) is 14.4 Å². The van der Waals surface area contributed by atoms with Gasteiger partial charge < -0.3 is 16.4 Å². The summed E-state index contributed by atoms with van der Waals surface area (Å²) < 4.78 is 0. The van der Waals surface area contributed by atoms with Gasteiger partial charge in [-0.15, -0.1) is 0 Å². The molecular weight excluding hydrogens is 308 g/mol. The summed E-state index contributed by atoms with van der Waals surface area (Å²) in [4.78, 5) is 36.4. The number of carbonyl (C=O) groups excluding carboxylic acids is 3. The van der Waals surface area contributed by atoms with Gasteiger partial charge in [-0.25, -0.2) is 4.79 Å². The van der Waals surface area contributed by atoms with E-state index in [2.05, 4.69) is 10.6 Å². The van der Waals surface area contributed by atoms with Gasteiger partial charge in [0, 0.05) is 17.6 Å². The highest BCUT2D eigenvalue weighted by Gasteiger charge is 2.28. The fourth-order valence-corrected chi connectivity index (χ4v) is 2.42. The lowest BCUT2D eigenvalue weighted by molar-refractivity contribution is -0.125. The van der Waals surface area contributed by atoms with Crippen molar-refractivity contribution in [1.82, 2.24) is 15.5 Å². The van der Waals surface area contributed by atoms with E-state index in [1.165, 1.54) is 0 Å². The van der Waals surface area contributed by atoms with Crippen LogP contribution in [0.15, 0.2) is 24.3 Å². The first-order valence-electron chi connectivity index (χ1n) is 8.12. The lowest BCUT2D eigenvalue weighted by Gasteiger charge is -2.26. The van der Waals surface area contributed by atoms with E-state index >= 15 is 0 Å². The minimum absolute atomic E-state index is 0.0367. The van der Waals surface area contributed by atoms with E-state index in [0.29, 0.717) is 12.1 Å². The Balaban J connectivity index is 1.95. The van der Waals surface area contributed by atoms with Crippen LogP contribution in [0.25, 0.3) is 0 Å². The molecule has 7 heteroatoms. The van der Waals surface area contributed by atoms with Crippen molar-refractivity contribution in [1.29, 1.82) is 0 Å². The second-order valence-electron chi connectivity index (χ2n) is 6.09. The number of nitrogens with two attached hydrogens (primary N) is 1. The molecule has 1 aliphatic heterocycles. The Bertz CT molecular complexity index is 607. The normalized spacial score (nSPS) is 14.7. The van der Waals surface area contributed by atoms with Crippen LogP contribution in [0.1, 0.15) is 42.6 Å². The second kappa shape index (κ2) is 7.44. The molecule has 0 aliphatic carbocycles. The molecule has 1 aromatic rings. The predicted octanol–water partition coefficient (Wildman–Crippen LogP) is 0.986. The van der Waals surface area contributed by atoms with Crippen molar-refractivity contribution in [2.24, 2.45) is 5.73 Å². The Hall–Kier alpha value is -2.41. The van der Waals surface area contributed by atoms with Gasteiger partial charge in [-0.05, 0) is 30.5 Å². The fraction of sp³-hybridized carbons (Fsp3) is 0.471. The number of hydrogen-bond donors (Lipinski definition) is 3. The molecule has 1 aliphatic rings. The summed E-state index contributed by atoms with van der Waals surface area (Å²) in [6.07, 6.45) is 1.57. The van der Waals surface area contributed by atoms with Gasteiger partial charge in [0.25, 0.3) is 5.91 Å². The van der Waals surface area contributed by atoms with Gasteiger partial charge in [0.2, 0.25) is 5.91 Å². The third-order valence-corrected chi connectivity index (χ3v) is 4.50. The van der Waals surface area contributed by atoms with Crippen LogP contribution >= 0.6 is 0 Å². The smallest absolute Gasteiger partial charge is 0.324 e. The zero-order valence-electron chi connectivity index (χ0n) is 14.1. The number of imide groups is 1. The molecule has 0 unspecified atom stereocenters. The van der Waals surface area contributed by atoms with E-state index in [-0.39, 0.29) is 36.5 Å². The highest BCUT2D eigenvalue weighted by atomic mass is 16.2. The first kappa shape index (κ1) is 17.9. The molecule has 130 valence electrons. The van der Waals surface area contributed by atoms with Crippen LogP contribution < -0.4 is 16.4 Å². The Morgan fingerprint density at radius 1 is 1.25 bits per heavy atom. The Morgan fingerprint density at radius 2 is 1.88 bits per heavy atom. The minimum atomic E-state index is -0.390. The van der Waals surface area contributed by atoms with Gasteiger partial charge in [0.05, 0.1) is 13.1 Å². The molecule has 4 amide bonds. The van der Waals surface area contributed by atoms with Crippen molar-refractivity contribution in [3.8, 4) is 0 Å². The third kappa shape index (κ3) is 4.11. The number of nitrogens with zero attached hydrogens (tertiary/aromatic N) is 1. The van der Waals surface area contributed by atoms with Crippen LogP contribution in [0.4, 0.5) is 4.79 Å². The summed E-state index contributed by atoms with van der Waals surface area (Å²) in [6, 6.07) is 6.45. The van der Waals surface area contributed by atoms with Gasteiger partial charge in [0.15, 0.2) is 0 Å². The Kier molecular flexibility index (Phi) is 5.56. The maximum Gasteiger partial charge on any atom is 0.324 e. The van der Waals surface area contributed by atoms with Crippen molar-refractivity contribution in [2.75, 3.05) is 13.1 Å². The topological polar surface area (TPSA) is 105 Å². The van der Waals surface area contributed by atoms with Crippen molar-refractivity contribution in [3.05, 3.63) is 35.4 Å². The van der Waals surface area contributed by atoms with Crippen molar-refractivity contribution in [2.45, 2.75) is 38.8 Å². The maximum absolute atomic E-state index is 12.2. The molecule has 1 saturated heterocycles. The number of carbonyl (C=O) groups is 3. The quantitative estimate of drug-likeness (QED) is 0.648. The highest BCUT2D eigenvalue weighted by Crippen LogP contribution is 2.12. The number of hydrogen-bond acceptors (Lipinski definition) is 4. The summed E-state index contributed by atoms with van der Waals surface area (Å²) in [6.45, 7) is 4.66. The van der Waals surface area contributed by atoms with Crippen LogP contribution in [-0.2, 0) is 11.3 Å². The van der Waals surface area contributed by atoms with E-state index in [1.807, 2.05) is 13.8 Å². The molecule has 4 N–H and O–H groups in total. The minimum Gasteiger partial charge on any atom is -0.350 e. The van der Waals surface area contributed by atoms with Gasteiger partial charge in [-0.3, -0.25) is 14.5 Å². The number of rotatable bonds is 7. The molecule has 0 saturated carbocycles. The van der Waals surface area contributed by atoms with E-state index in [1.54, 1.807) is 24.3 Å². The van der Waals surface area contributed by atoms with E-state index in [0.717, 1.165) is 23.3 Å². The van der Waals surface area contributed by atoms with Crippen LogP contribution in [0.2, 0.25) is 0 Å². The molecule has 0 bridgehead atoms. The molecule has 2 rings (SSSR count). The number of benzene rings is 1. The largest absolute Gasteiger partial charge is 0.350 e. The van der Waals surface area contributed by atoms with E-state index < -0.39 is 0 Å². The van der Waals surface area contributed by atoms with Crippen LogP contribution in [-0.4, -0.2) is 41.4 Å². The van der Waals surface area contributed by atoms with Crippen molar-refractivity contribution < 1.29 is 14.4 Å². The molecule has 0 atom stereocenters. The number of amides is 4. The maximum atomic E-state index is 12.2. The van der Waals surface area contributed by atoms with Gasteiger partial charge in [-0.1, -0.05) is 26.0 Å². The summed E-state index contributed by atoms with van der Waals surface area (Å²) in [5.74, 6) is -0.437. The van der Waals surface area contributed by atoms with E-state index in [4.69, 9.17) is 5.73 Å². The zero-order valence-corrected chi connectivity index (χ0v) is 14.1. The lowest BCUT2D eigenvalue weighted by atomic mass is 9.94. The zero-order chi connectivity index (χ0) is 17.7. The Labute approximate surface area is 141 Å². The average molecular weight is 332 g/mol.